The summed E-state index contributed by atoms with van der Waals surface area (Å²) in [5.41, 5.74) is -0.256. The maximum absolute atomic E-state index is 12.4. The van der Waals surface area contributed by atoms with E-state index in [0.717, 1.165) is 12.8 Å². The minimum Gasteiger partial charge on any atom is -0.508 e. The Balaban J connectivity index is 1.97. The van der Waals surface area contributed by atoms with E-state index in [0.29, 0.717) is 18.9 Å². The van der Waals surface area contributed by atoms with E-state index in [4.69, 9.17) is 4.74 Å². The smallest absolute Gasteiger partial charge is 0.338 e. The van der Waals surface area contributed by atoms with Gasteiger partial charge in [0, 0.05) is 13.1 Å². The first-order valence-corrected chi connectivity index (χ1v) is 9.14. The SMILES string of the molecule is CCCCn1c(=O)[nH]c(=O)c2c1nc(COC(=O)c1cccc(O)c1)n2CC. The molecule has 0 unspecified atom stereocenters. The van der Waals surface area contributed by atoms with Crippen molar-refractivity contribution in [2.45, 2.75) is 46.4 Å². The highest BCUT2D eigenvalue weighted by Crippen LogP contribution is 2.15. The molecule has 9 heteroatoms. The Bertz CT molecular complexity index is 1130. The van der Waals surface area contributed by atoms with Gasteiger partial charge in [-0.2, -0.15) is 0 Å². The van der Waals surface area contributed by atoms with Crippen LogP contribution in [0, 0.1) is 0 Å². The number of esters is 1. The van der Waals surface area contributed by atoms with Gasteiger partial charge in [0.1, 0.15) is 18.2 Å². The molecule has 0 aliphatic carbocycles. The molecule has 148 valence electrons. The third-order valence-corrected chi connectivity index (χ3v) is 4.43. The van der Waals surface area contributed by atoms with Crippen LogP contribution in [-0.4, -0.2) is 30.2 Å². The number of nitrogens with one attached hydrogen (secondary N) is 1. The molecule has 3 aromatic rings. The second-order valence-corrected chi connectivity index (χ2v) is 6.34. The number of aromatic amines is 1. The van der Waals surface area contributed by atoms with Crippen molar-refractivity contribution in [1.29, 1.82) is 0 Å². The van der Waals surface area contributed by atoms with Crippen LogP contribution >= 0.6 is 0 Å². The molecule has 1 aromatic carbocycles. The number of nitrogens with zero attached hydrogens (tertiary/aromatic N) is 3. The topological polar surface area (TPSA) is 119 Å². The number of carbonyl (C=O) groups excluding carboxylic acids is 1. The van der Waals surface area contributed by atoms with E-state index in [-0.39, 0.29) is 29.1 Å². The van der Waals surface area contributed by atoms with Gasteiger partial charge in [0.25, 0.3) is 5.56 Å². The zero-order valence-electron chi connectivity index (χ0n) is 15.8. The number of hydrogen-bond donors (Lipinski definition) is 2. The monoisotopic (exact) mass is 386 g/mol. The lowest BCUT2D eigenvalue weighted by atomic mass is 10.2. The summed E-state index contributed by atoms with van der Waals surface area (Å²) in [5, 5.41) is 9.49. The van der Waals surface area contributed by atoms with Crippen LogP contribution in [0.1, 0.15) is 42.9 Å². The zero-order chi connectivity index (χ0) is 20.3. The summed E-state index contributed by atoms with van der Waals surface area (Å²) in [6.07, 6.45) is 1.65. The first-order valence-electron chi connectivity index (χ1n) is 9.14. The second-order valence-electron chi connectivity index (χ2n) is 6.34. The first-order chi connectivity index (χ1) is 13.5. The summed E-state index contributed by atoms with van der Waals surface area (Å²) in [6, 6.07) is 5.82. The molecule has 2 heterocycles. The molecule has 0 bridgehead atoms. The van der Waals surface area contributed by atoms with Gasteiger partial charge in [0.2, 0.25) is 0 Å². The van der Waals surface area contributed by atoms with Crippen LogP contribution in [0.15, 0.2) is 33.9 Å². The number of aromatic hydroxyl groups is 1. The van der Waals surface area contributed by atoms with Gasteiger partial charge in [-0.05, 0) is 31.5 Å². The molecule has 0 aliphatic rings. The molecular weight excluding hydrogens is 364 g/mol. The van der Waals surface area contributed by atoms with Crippen LogP contribution < -0.4 is 11.2 Å². The van der Waals surface area contributed by atoms with Crippen LogP contribution in [0.2, 0.25) is 0 Å². The number of rotatable bonds is 7. The number of benzene rings is 1. The van der Waals surface area contributed by atoms with Crippen LogP contribution in [0.4, 0.5) is 0 Å². The largest absolute Gasteiger partial charge is 0.508 e. The summed E-state index contributed by atoms with van der Waals surface area (Å²) >= 11 is 0. The third kappa shape index (κ3) is 3.68. The Hall–Kier alpha value is -3.36. The number of phenols is 1. The van der Waals surface area contributed by atoms with Gasteiger partial charge >= 0.3 is 11.7 Å². The summed E-state index contributed by atoms with van der Waals surface area (Å²) in [5.74, 6) is -0.294. The number of fused-ring (bicyclic) bond motifs is 1. The van der Waals surface area contributed by atoms with Crippen LogP contribution in [0.5, 0.6) is 5.75 Å². The molecule has 0 saturated carbocycles. The number of aromatic nitrogens is 4. The van der Waals surface area contributed by atoms with Gasteiger partial charge < -0.3 is 14.4 Å². The molecule has 9 nitrogen and oxygen atoms in total. The van der Waals surface area contributed by atoms with Crippen LogP contribution in [-0.2, 0) is 24.4 Å². The lowest BCUT2D eigenvalue weighted by Gasteiger charge is -2.07. The number of hydrogen-bond acceptors (Lipinski definition) is 6. The van der Waals surface area contributed by atoms with Crippen molar-refractivity contribution >= 4 is 17.1 Å². The lowest BCUT2D eigenvalue weighted by Crippen LogP contribution is -2.31. The molecule has 0 amide bonds. The Morgan fingerprint density at radius 1 is 1.25 bits per heavy atom. The van der Waals surface area contributed by atoms with Gasteiger partial charge in [0.05, 0.1) is 5.56 Å². The number of ether oxygens (including phenoxy) is 1. The minimum absolute atomic E-state index is 0.0401. The molecule has 0 atom stereocenters. The molecular formula is C19H22N4O5. The summed E-state index contributed by atoms with van der Waals surface area (Å²) < 4.78 is 8.37. The molecule has 0 fully saturated rings. The van der Waals surface area contributed by atoms with Crippen LogP contribution in [0.3, 0.4) is 0 Å². The highest BCUT2D eigenvalue weighted by Gasteiger charge is 2.19. The van der Waals surface area contributed by atoms with Crippen molar-refractivity contribution in [3.05, 3.63) is 56.5 Å². The average Bonchev–Trinajstić information content (AvgIpc) is 3.04. The summed E-state index contributed by atoms with van der Waals surface area (Å²) in [6.45, 7) is 4.53. The van der Waals surface area contributed by atoms with Gasteiger partial charge in [-0.15, -0.1) is 0 Å². The summed E-state index contributed by atoms with van der Waals surface area (Å²) in [7, 11) is 0. The normalized spacial score (nSPS) is 11.1. The Morgan fingerprint density at radius 2 is 2.04 bits per heavy atom. The highest BCUT2D eigenvalue weighted by molar-refractivity contribution is 5.89. The van der Waals surface area contributed by atoms with Gasteiger partial charge in [-0.25, -0.2) is 14.6 Å². The Kier molecular flexibility index (Phi) is 5.62. The average molecular weight is 386 g/mol. The van der Waals surface area contributed by atoms with Crippen molar-refractivity contribution < 1.29 is 14.6 Å². The molecule has 28 heavy (non-hydrogen) atoms. The van der Waals surface area contributed by atoms with E-state index >= 15 is 0 Å². The number of H-pyrrole nitrogens is 1. The van der Waals surface area contributed by atoms with Gasteiger partial charge in [-0.1, -0.05) is 19.4 Å². The predicted molar refractivity (Wildman–Crippen MR) is 102 cm³/mol. The number of imidazole rings is 1. The zero-order valence-corrected chi connectivity index (χ0v) is 15.8. The number of aryl methyl sites for hydroxylation is 2. The Morgan fingerprint density at radius 3 is 2.71 bits per heavy atom. The number of carbonyl (C=O) groups is 1. The molecule has 2 aromatic heterocycles. The first kappa shape index (κ1) is 19.4. The van der Waals surface area contributed by atoms with E-state index < -0.39 is 17.2 Å². The van der Waals surface area contributed by atoms with Gasteiger partial charge in [-0.3, -0.25) is 14.3 Å². The van der Waals surface area contributed by atoms with Crippen molar-refractivity contribution in [2.75, 3.05) is 0 Å². The molecule has 0 aliphatic heterocycles. The standard InChI is InChI=1S/C19H22N4O5/c1-3-5-9-23-16-15(17(25)21-19(23)27)22(4-2)14(20-16)11-28-18(26)12-7-6-8-13(24)10-12/h6-8,10,24H,3-5,9,11H2,1-2H3,(H,21,25,27). The fourth-order valence-corrected chi connectivity index (χ4v) is 3.04. The molecule has 0 saturated heterocycles. The van der Waals surface area contributed by atoms with E-state index in [1.807, 2.05) is 13.8 Å². The van der Waals surface area contributed by atoms with Crippen LogP contribution in [0.25, 0.3) is 11.2 Å². The van der Waals surface area contributed by atoms with Crippen molar-refractivity contribution in [3.63, 3.8) is 0 Å². The van der Waals surface area contributed by atoms with Crippen molar-refractivity contribution in [2.24, 2.45) is 0 Å². The van der Waals surface area contributed by atoms with E-state index in [2.05, 4.69) is 9.97 Å². The fourth-order valence-electron chi connectivity index (χ4n) is 3.04. The van der Waals surface area contributed by atoms with E-state index in [9.17, 15) is 19.5 Å². The third-order valence-electron chi connectivity index (χ3n) is 4.43. The molecule has 3 rings (SSSR count). The lowest BCUT2D eigenvalue weighted by molar-refractivity contribution is 0.0458. The molecule has 0 radical (unpaired) electrons. The highest BCUT2D eigenvalue weighted by atomic mass is 16.5. The van der Waals surface area contributed by atoms with E-state index in [1.54, 1.807) is 10.6 Å². The van der Waals surface area contributed by atoms with Crippen molar-refractivity contribution in [1.82, 2.24) is 19.1 Å². The van der Waals surface area contributed by atoms with Gasteiger partial charge in [0.15, 0.2) is 11.2 Å². The molecule has 2 N–H and O–H groups in total. The minimum atomic E-state index is -0.622. The maximum atomic E-state index is 12.4. The summed E-state index contributed by atoms with van der Waals surface area (Å²) in [4.78, 5) is 43.5. The molecule has 0 spiro atoms. The predicted octanol–water partition coefficient (Wildman–Crippen LogP) is 1.77. The maximum Gasteiger partial charge on any atom is 0.338 e. The number of unbranched alkanes of at least 4 members (excludes halogenated alkanes) is 1. The van der Waals surface area contributed by atoms with E-state index in [1.165, 1.54) is 22.8 Å². The number of phenolic OH excluding ortho intramolecular Hbond substituents is 1. The Labute approximate surface area is 160 Å². The quantitative estimate of drug-likeness (QED) is 0.597. The fraction of sp³-hybridized carbons (Fsp3) is 0.368. The van der Waals surface area contributed by atoms with Crippen molar-refractivity contribution in [3.8, 4) is 5.75 Å². The second kappa shape index (κ2) is 8.12.